The van der Waals surface area contributed by atoms with Crippen molar-refractivity contribution in [3.05, 3.63) is 64.8 Å². The normalized spacial score (nSPS) is 10.7. The Kier molecular flexibility index (Phi) is 3.25. The number of carbonyl (C=O) groups is 1. The lowest BCUT2D eigenvalue weighted by atomic mass is 9.99. The van der Waals surface area contributed by atoms with Gasteiger partial charge in [0.1, 0.15) is 5.15 Å². The number of hydrogen-bond donors (Lipinski definition) is 0. The average Bonchev–Trinajstić information content (AvgIpc) is 2.47. The van der Waals surface area contributed by atoms with Crippen LogP contribution in [0.2, 0.25) is 5.15 Å². The largest absolute Gasteiger partial charge is 0.298 e. The van der Waals surface area contributed by atoms with Crippen molar-refractivity contribution < 1.29 is 4.79 Å². The van der Waals surface area contributed by atoms with E-state index < -0.39 is 0 Å². The number of fused-ring (bicyclic) bond motifs is 1. The summed E-state index contributed by atoms with van der Waals surface area (Å²) >= 11 is 6.17. The Labute approximate surface area is 122 Å². The van der Waals surface area contributed by atoms with E-state index in [1.165, 1.54) is 0 Å². The highest BCUT2D eigenvalue weighted by Crippen LogP contribution is 2.32. The first-order chi connectivity index (χ1) is 9.70. The maximum Gasteiger partial charge on any atom is 0.153 e. The predicted molar refractivity (Wildman–Crippen MR) is 82.3 cm³/mol. The molecule has 0 saturated heterocycles. The van der Waals surface area contributed by atoms with Gasteiger partial charge in [-0.3, -0.25) is 4.79 Å². The zero-order chi connectivity index (χ0) is 14.1. The fourth-order valence-corrected chi connectivity index (χ4v) is 2.58. The number of aldehydes is 1. The van der Waals surface area contributed by atoms with Gasteiger partial charge in [0, 0.05) is 10.9 Å². The number of nitrogens with zero attached hydrogens (tertiary/aromatic N) is 1. The van der Waals surface area contributed by atoms with Crippen LogP contribution in [0.15, 0.2) is 48.5 Å². The summed E-state index contributed by atoms with van der Waals surface area (Å²) in [6.07, 6.45) is 0.770. The zero-order valence-corrected chi connectivity index (χ0v) is 11.7. The fraction of sp³-hybridized carbons (Fsp3) is 0.0588. The molecule has 0 aliphatic carbocycles. The number of rotatable bonds is 2. The highest BCUT2D eigenvalue weighted by atomic mass is 35.5. The molecule has 3 rings (SSSR count). The number of pyridine rings is 1. The van der Waals surface area contributed by atoms with E-state index in [0.29, 0.717) is 5.56 Å². The molecule has 1 aromatic heterocycles. The summed E-state index contributed by atoms with van der Waals surface area (Å²) in [5.74, 6) is 0. The van der Waals surface area contributed by atoms with E-state index in [-0.39, 0.29) is 5.15 Å². The Hall–Kier alpha value is -2.19. The number of benzene rings is 2. The first kappa shape index (κ1) is 12.8. The molecule has 3 aromatic rings. The molecule has 0 radical (unpaired) electrons. The molecule has 0 amide bonds. The third-order valence-electron chi connectivity index (χ3n) is 3.32. The van der Waals surface area contributed by atoms with Gasteiger partial charge in [-0.15, -0.1) is 0 Å². The maximum absolute atomic E-state index is 11.3. The van der Waals surface area contributed by atoms with Crippen LogP contribution in [0, 0.1) is 6.92 Å². The van der Waals surface area contributed by atoms with E-state index in [9.17, 15) is 4.79 Å². The fourth-order valence-electron chi connectivity index (χ4n) is 2.35. The van der Waals surface area contributed by atoms with Gasteiger partial charge in [-0.2, -0.15) is 0 Å². The van der Waals surface area contributed by atoms with E-state index in [4.69, 9.17) is 11.6 Å². The van der Waals surface area contributed by atoms with Crippen LogP contribution in [-0.2, 0) is 0 Å². The molecule has 0 bridgehead atoms. The van der Waals surface area contributed by atoms with Gasteiger partial charge in [0.05, 0.1) is 11.3 Å². The number of hydrogen-bond acceptors (Lipinski definition) is 2. The summed E-state index contributed by atoms with van der Waals surface area (Å²) in [5, 5.41) is 2.03. The average molecular weight is 282 g/mol. The van der Waals surface area contributed by atoms with Crippen molar-refractivity contribution in [3.8, 4) is 11.3 Å². The van der Waals surface area contributed by atoms with E-state index in [1.54, 1.807) is 0 Å². The van der Waals surface area contributed by atoms with Crippen LogP contribution in [0.4, 0.5) is 0 Å². The van der Waals surface area contributed by atoms with Gasteiger partial charge in [0.15, 0.2) is 6.29 Å². The molecular formula is C17H12ClNO. The Bertz CT molecular complexity index is 797. The minimum atomic E-state index is 0.247. The molecule has 0 unspecified atom stereocenters. The molecular weight excluding hydrogens is 270 g/mol. The summed E-state index contributed by atoms with van der Waals surface area (Å²) in [5.41, 5.74) is 3.32. The zero-order valence-electron chi connectivity index (χ0n) is 10.9. The maximum atomic E-state index is 11.3. The molecule has 98 valence electrons. The van der Waals surface area contributed by atoms with E-state index in [2.05, 4.69) is 4.98 Å². The first-order valence-electron chi connectivity index (χ1n) is 6.31. The molecule has 20 heavy (non-hydrogen) atoms. The monoisotopic (exact) mass is 281 g/mol. The summed E-state index contributed by atoms with van der Waals surface area (Å²) in [4.78, 5) is 15.7. The molecule has 0 aliphatic rings. The minimum absolute atomic E-state index is 0.247. The summed E-state index contributed by atoms with van der Waals surface area (Å²) in [6.45, 7) is 1.99. The minimum Gasteiger partial charge on any atom is -0.298 e. The van der Waals surface area contributed by atoms with Gasteiger partial charge in [0.2, 0.25) is 0 Å². The molecule has 0 atom stereocenters. The van der Waals surface area contributed by atoms with Crippen molar-refractivity contribution >= 4 is 28.7 Å². The van der Waals surface area contributed by atoms with Crippen molar-refractivity contribution in [3.63, 3.8) is 0 Å². The molecule has 0 spiro atoms. The van der Waals surface area contributed by atoms with Crippen molar-refractivity contribution in [1.82, 2.24) is 4.98 Å². The number of halogens is 1. The second-order valence-corrected chi connectivity index (χ2v) is 5.06. The van der Waals surface area contributed by atoms with Crippen LogP contribution in [0.1, 0.15) is 15.9 Å². The van der Waals surface area contributed by atoms with Crippen LogP contribution < -0.4 is 0 Å². The molecule has 2 nitrogen and oxygen atoms in total. The van der Waals surface area contributed by atoms with Gasteiger partial charge < -0.3 is 0 Å². The van der Waals surface area contributed by atoms with Gasteiger partial charge >= 0.3 is 0 Å². The van der Waals surface area contributed by atoms with Crippen LogP contribution in [0.3, 0.4) is 0 Å². The van der Waals surface area contributed by atoms with Crippen molar-refractivity contribution in [2.45, 2.75) is 6.92 Å². The lowest BCUT2D eigenvalue weighted by molar-refractivity contribution is 0.112. The highest BCUT2D eigenvalue weighted by Gasteiger charge is 2.13. The topological polar surface area (TPSA) is 30.0 Å². The molecule has 2 aromatic carbocycles. The smallest absolute Gasteiger partial charge is 0.153 e. The lowest BCUT2D eigenvalue weighted by Gasteiger charge is -2.10. The third-order valence-corrected chi connectivity index (χ3v) is 3.61. The SMILES string of the molecule is Cc1ccc2c(-c3ccccc3)nc(Cl)c(C=O)c2c1. The molecule has 1 heterocycles. The molecule has 0 saturated carbocycles. The number of aryl methyl sites for hydroxylation is 1. The standard InChI is InChI=1S/C17H12ClNO/c1-11-7-8-13-14(9-11)15(10-20)17(18)19-16(13)12-5-3-2-4-6-12/h2-10H,1H3. The van der Waals surface area contributed by atoms with Gasteiger partial charge in [-0.25, -0.2) is 4.98 Å². The molecule has 0 N–H and O–H groups in total. The van der Waals surface area contributed by atoms with Gasteiger partial charge in [-0.05, 0) is 12.3 Å². The van der Waals surface area contributed by atoms with Crippen LogP contribution in [-0.4, -0.2) is 11.3 Å². The van der Waals surface area contributed by atoms with E-state index in [0.717, 1.165) is 33.9 Å². The molecule has 0 fully saturated rings. The summed E-state index contributed by atoms with van der Waals surface area (Å²) in [6, 6.07) is 15.8. The highest BCUT2D eigenvalue weighted by molar-refractivity contribution is 6.33. The predicted octanol–water partition coefficient (Wildman–Crippen LogP) is 4.68. The second-order valence-electron chi connectivity index (χ2n) is 4.70. The lowest BCUT2D eigenvalue weighted by Crippen LogP contribution is -1.94. The summed E-state index contributed by atoms with van der Waals surface area (Å²) < 4.78 is 0. The quantitative estimate of drug-likeness (QED) is 0.504. The van der Waals surface area contributed by atoms with Crippen LogP contribution in [0.25, 0.3) is 22.0 Å². The second kappa shape index (κ2) is 5.06. The van der Waals surface area contributed by atoms with E-state index >= 15 is 0 Å². The van der Waals surface area contributed by atoms with Gasteiger partial charge in [0.25, 0.3) is 0 Å². The molecule has 0 aliphatic heterocycles. The van der Waals surface area contributed by atoms with Crippen molar-refractivity contribution in [2.24, 2.45) is 0 Å². The molecule has 3 heteroatoms. The third kappa shape index (κ3) is 2.08. The van der Waals surface area contributed by atoms with Crippen LogP contribution >= 0.6 is 11.6 Å². The van der Waals surface area contributed by atoms with Crippen LogP contribution in [0.5, 0.6) is 0 Å². The Morgan fingerprint density at radius 3 is 2.50 bits per heavy atom. The first-order valence-corrected chi connectivity index (χ1v) is 6.69. The Morgan fingerprint density at radius 1 is 1.05 bits per heavy atom. The number of aromatic nitrogens is 1. The summed E-state index contributed by atoms with van der Waals surface area (Å²) in [7, 11) is 0. The van der Waals surface area contributed by atoms with Gasteiger partial charge in [-0.1, -0.05) is 65.7 Å². The number of carbonyl (C=O) groups excluding carboxylic acids is 1. The van der Waals surface area contributed by atoms with E-state index in [1.807, 2.05) is 55.5 Å². The van der Waals surface area contributed by atoms with Crippen molar-refractivity contribution in [2.75, 3.05) is 0 Å². The van der Waals surface area contributed by atoms with Crippen molar-refractivity contribution in [1.29, 1.82) is 0 Å². The Morgan fingerprint density at radius 2 is 1.80 bits per heavy atom. The Balaban J connectivity index is 2.43.